The number of aromatic amines is 1. The highest BCUT2D eigenvalue weighted by molar-refractivity contribution is 5.88. The van der Waals surface area contributed by atoms with Crippen molar-refractivity contribution in [1.82, 2.24) is 9.88 Å². The molecule has 2 aliphatic rings. The van der Waals surface area contributed by atoms with Crippen molar-refractivity contribution >= 4 is 16.9 Å². The van der Waals surface area contributed by atoms with Gasteiger partial charge in [0.1, 0.15) is 5.75 Å². The third kappa shape index (κ3) is 4.63. The molecule has 2 aromatic carbocycles. The number of likely N-dealkylation sites (tertiary alicyclic amines) is 1. The Morgan fingerprint density at radius 1 is 1.15 bits per heavy atom. The van der Waals surface area contributed by atoms with Crippen molar-refractivity contribution in [3.8, 4) is 5.75 Å². The molecule has 0 radical (unpaired) electrons. The number of benzene rings is 2. The van der Waals surface area contributed by atoms with E-state index in [1.54, 1.807) is 12.1 Å². The van der Waals surface area contributed by atoms with Crippen LogP contribution in [0.5, 0.6) is 5.75 Å². The normalized spacial score (nSPS) is 21.4. The van der Waals surface area contributed by atoms with Gasteiger partial charge in [0.15, 0.2) is 0 Å². The van der Waals surface area contributed by atoms with E-state index in [1.165, 1.54) is 22.0 Å². The SMILES string of the molecule is CCO[C@H]1CCN(Cc2c(OC3CC3)cc(C)c3[nH]ccc23)[C@H](c2ccc(C(=O)O)cc2)C1. The molecule has 0 spiro atoms. The monoisotopic (exact) mass is 448 g/mol. The smallest absolute Gasteiger partial charge is 0.335 e. The summed E-state index contributed by atoms with van der Waals surface area (Å²) in [4.78, 5) is 17.2. The molecule has 1 aromatic heterocycles. The van der Waals surface area contributed by atoms with Gasteiger partial charge in [0, 0.05) is 48.4 Å². The molecule has 6 nitrogen and oxygen atoms in total. The van der Waals surface area contributed by atoms with Crippen LogP contribution in [0, 0.1) is 6.92 Å². The Bertz CT molecular complexity index is 1130. The standard InChI is InChI=1S/C27H32N2O4/c1-3-32-21-11-13-29(24(15-21)18-4-6-19(7-5-18)27(30)31)16-23-22-10-12-28-26(22)17(2)14-25(23)33-20-8-9-20/h4-7,10,12,14,20-21,24,28H,3,8-9,11,13,15-16H2,1-2H3,(H,30,31)/t21-,24-/m0/s1. The average Bonchev–Trinajstić information content (AvgIpc) is 3.48. The average molecular weight is 449 g/mol. The van der Waals surface area contributed by atoms with Gasteiger partial charge >= 0.3 is 5.97 Å². The molecule has 1 saturated carbocycles. The zero-order chi connectivity index (χ0) is 22.9. The number of hydrogen-bond acceptors (Lipinski definition) is 4. The first-order valence-corrected chi connectivity index (χ1v) is 12.0. The van der Waals surface area contributed by atoms with Gasteiger partial charge in [0.05, 0.1) is 17.8 Å². The number of rotatable bonds is 8. The fourth-order valence-corrected chi connectivity index (χ4v) is 5.03. The van der Waals surface area contributed by atoms with E-state index < -0.39 is 5.97 Å². The van der Waals surface area contributed by atoms with Crippen molar-refractivity contribution < 1.29 is 19.4 Å². The van der Waals surface area contributed by atoms with Crippen molar-refractivity contribution in [3.63, 3.8) is 0 Å². The summed E-state index contributed by atoms with van der Waals surface area (Å²) in [7, 11) is 0. The molecule has 5 rings (SSSR count). The number of ether oxygens (including phenoxy) is 2. The highest BCUT2D eigenvalue weighted by Crippen LogP contribution is 2.39. The Morgan fingerprint density at radius 3 is 2.64 bits per heavy atom. The summed E-state index contributed by atoms with van der Waals surface area (Å²) in [5.41, 5.74) is 5.04. The first-order chi connectivity index (χ1) is 16.0. The van der Waals surface area contributed by atoms with Crippen molar-refractivity contribution in [2.45, 2.75) is 64.3 Å². The number of carbonyl (C=O) groups is 1. The third-order valence-electron chi connectivity index (χ3n) is 6.90. The summed E-state index contributed by atoms with van der Waals surface area (Å²) < 4.78 is 12.4. The van der Waals surface area contributed by atoms with Crippen molar-refractivity contribution in [2.75, 3.05) is 13.2 Å². The van der Waals surface area contributed by atoms with E-state index in [4.69, 9.17) is 9.47 Å². The van der Waals surface area contributed by atoms with E-state index in [9.17, 15) is 9.90 Å². The molecule has 0 bridgehead atoms. The van der Waals surface area contributed by atoms with Gasteiger partial charge in [0.25, 0.3) is 0 Å². The molecule has 1 saturated heterocycles. The summed E-state index contributed by atoms with van der Waals surface area (Å²) >= 11 is 0. The van der Waals surface area contributed by atoms with Gasteiger partial charge in [-0.25, -0.2) is 4.79 Å². The van der Waals surface area contributed by atoms with Crippen LogP contribution < -0.4 is 4.74 Å². The minimum atomic E-state index is -0.898. The van der Waals surface area contributed by atoms with Crippen LogP contribution in [-0.4, -0.2) is 46.3 Å². The quantitative estimate of drug-likeness (QED) is 0.479. The lowest BCUT2D eigenvalue weighted by atomic mass is 9.91. The minimum absolute atomic E-state index is 0.155. The molecule has 1 aliphatic heterocycles. The van der Waals surface area contributed by atoms with Crippen LogP contribution in [0.3, 0.4) is 0 Å². The van der Waals surface area contributed by atoms with Crippen LogP contribution in [0.15, 0.2) is 42.6 Å². The number of carboxylic acid groups (broad SMARTS) is 1. The number of fused-ring (bicyclic) bond motifs is 1. The minimum Gasteiger partial charge on any atom is -0.490 e. The van der Waals surface area contributed by atoms with Crippen LogP contribution in [-0.2, 0) is 11.3 Å². The number of nitrogens with one attached hydrogen (secondary N) is 1. The molecule has 6 heteroatoms. The van der Waals surface area contributed by atoms with Crippen LogP contribution in [0.4, 0.5) is 0 Å². The Morgan fingerprint density at radius 2 is 1.94 bits per heavy atom. The second-order valence-electron chi connectivity index (χ2n) is 9.27. The number of hydrogen-bond donors (Lipinski definition) is 2. The number of piperidine rings is 1. The van der Waals surface area contributed by atoms with Crippen LogP contribution in [0.2, 0.25) is 0 Å². The molecule has 174 valence electrons. The predicted molar refractivity (Wildman–Crippen MR) is 128 cm³/mol. The van der Waals surface area contributed by atoms with E-state index in [2.05, 4.69) is 28.9 Å². The van der Waals surface area contributed by atoms with Gasteiger partial charge in [-0.15, -0.1) is 0 Å². The lowest BCUT2D eigenvalue weighted by Crippen LogP contribution is -2.39. The number of H-pyrrole nitrogens is 1. The highest BCUT2D eigenvalue weighted by atomic mass is 16.5. The van der Waals surface area contributed by atoms with Gasteiger partial charge in [0.2, 0.25) is 0 Å². The fourth-order valence-electron chi connectivity index (χ4n) is 5.03. The fraction of sp³-hybridized carbons (Fsp3) is 0.444. The number of nitrogens with zero attached hydrogens (tertiary/aromatic N) is 1. The molecule has 0 unspecified atom stereocenters. The second kappa shape index (κ2) is 9.20. The van der Waals surface area contributed by atoms with Gasteiger partial charge in [-0.3, -0.25) is 4.90 Å². The molecule has 0 amide bonds. The van der Waals surface area contributed by atoms with Crippen LogP contribution in [0.25, 0.3) is 10.9 Å². The van der Waals surface area contributed by atoms with Crippen molar-refractivity contribution in [2.24, 2.45) is 0 Å². The van der Waals surface area contributed by atoms with E-state index in [0.717, 1.165) is 50.1 Å². The van der Waals surface area contributed by atoms with E-state index in [1.807, 2.05) is 25.3 Å². The maximum atomic E-state index is 11.3. The Hall–Kier alpha value is -2.83. The number of carboxylic acids is 1. The van der Waals surface area contributed by atoms with Crippen LogP contribution >= 0.6 is 0 Å². The number of aromatic nitrogens is 1. The number of aromatic carboxylic acids is 1. The molecule has 3 aromatic rings. The molecule has 2 heterocycles. The molecule has 2 N–H and O–H groups in total. The predicted octanol–water partition coefficient (Wildman–Crippen LogP) is 5.46. The van der Waals surface area contributed by atoms with Gasteiger partial charge in [-0.2, -0.15) is 0 Å². The van der Waals surface area contributed by atoms with E-state index in [-0.39, 0.29) is 12.1 Å². The van der Waals surface area contributed by atoms with Crippen molar-refractivity contribution in [1.29, 1.82) is 0 Å². The summed E-state index contributed by atoms with van der Waals surface area (Å²) in [6.45, 7) is 6.57. The first-order valence-electron chi connectivity index (χ1n) is 12.0. The second-order valence-corrected chi connectivity index (χ2v) is 9.27. The molecule has 2 atom stereocenters. The van der Waals surface area contributed by atoms with Crippen molar-refractivity contribution in [3.05, 3.63) is 64.8 Å². The number of aryl methyl sites for hydroxylation is 1. The van der Waals surface area contributed by atoms with Gasteiger partial charge in [-0.1, -0.05) is 12.1 Å². The molecular formula is C27H32N2O4. The van der Waals surface area contributed by atoms with Crippen LogP contribution in [0.1, 0.15) is 65.7 Å². The highest BCUT2D eigenvalue weighted by Gasteiger charge is 2.32. The summed E-state index contributed by atoms with van der Waals surface area (Å²) in [6.07, 6.45) is 6.68. The molecular weight excluding hydrogens is 416 g/mol. The third-order valence-corrected chi connectivity index (χ3v) is 6.90. The first kappa shape index (κ1) is 22.0. The summed E-state index contributed by atoms with van der Waals surface area (Å²) in [5.74, 6) is 0.0969. The van der Waals surface area contributed by atoms with E-state index >= 15 is 0 Å². The van der Waals surface area contributed by atoms with E-state index in [0.29, 0.717) is 18.3 Å². The maximum Gasteiger partial charge on any atom is 0.335 e. The molecule has 1 aliphatic carbocycles. The largest absolute Gasteiger partial charge is 0.490 e. The molecule has 33 heavy (non-hydrogen) atoms. The van der Waals surface area contributed by atoms with Gasteiger partial charge < -0.3 is 19.6 Å². The zero-order valence-corrected chi connectivity index (χ0v) is 19.3. The zero-order valence-electron chi connectivity index (χ0n) is 19.3. The lowest BCUT2D eigenvalue weighted by Gasteiger charge is -2.40. The molecule has 2 fully saturated rings. The summed E-state index contributed by atoms with van der Waals surface area (Å²) in [6, 6.07) is 11.8. The Kier molecular flexibility index (Phi) is 6.13. The maximum absolute atomic E-state index is 11.3. The van der Waals surface area contributed by atoms with Gasteiger partial charge in [-0.05, 0) is 74.9 Å². The lowest BCUT2D eigenvalue weighted by molar-refractivity contribution is -0.0138. The topological polar surface area (TPSA) is 74.8 Å². The summed E-state index contributed by atoms with van der Waals surface area (Å²) in [5, 5.41) is 10.5. The Labute approximate surface area is 194 Å². The Balaban J connectivity index is 1.49.